The van der Waals surface area contributed by atoms with Crippen LogP contribution in [0, 0.1) is 0 Å². The fourth-order valence-corrected chi connectivity index (χ4v) is 1.67. The SMILES string of the molecule is CCc1nn(C)cc1CN=C(N)NC1CC1.I. The molecular formula is C11H20IN5. The van der Waals surface area contributed by atoms with Crippen LogP contribution in [0.3, 0.4) is 0 Å². The minimum absolute atomic E-state index is 0. The average Bonchev–Trinajstić information content (AvgIpc) is 2.97. The number of rotatable bonds is 4. The monoisotopic (exact) mass is 349 g/mol. The number of aryl methyl sites for hydroxylation is 2. The molecule has 0 atom stereocenters. The van der Waals surface area contributed by atoms with Crippen molar-refractivity contribution in [2.45, 2.75) is 38.8 Å². The molecule has 1 saturated carbocycles. The van der Waals surface area contributed by atoms with Crippen LogP contribution in [-0.4, -0.2) is 21.8 Å². The van der Waals surface area contributed by atoms with Crippen LogP contribution in [0.2, 0.25) is 0 Å². The number of guanidine groups is 1. The first-order chi connectivity index (χ1) is 7.69. The van der Waals surface area contributed by atoms with Crippen molar-refractivity contribution in [3.63, 3.8) is 0 Å². The third kappa shape index (κ3) is 4.18. The molecule has 0 spiro atoms. The van der Waals surface area contributed by atoms with Crippen LogP contribution in [-0.2, 0) is 20.0 Å². The lowest BCUT2D eigenvalue weighted by atomic mass is 10.2. The summed E-state index contributed by atoms with van der Waals surface area (Å²) in [5, 5.41) is 7.54. The molecule has 1 aromatic rings. The van der Waals surface area contributed by atoms with Gasteiger partial charge >= 0.3 is 0 Å². The van der Waals surface area contributed by atoms with Crippen molar-refractivity contribution < 1.29 is 0 Å². The van der Waals surface area contributed by atoms with Gasteiger partial charge in [-0.25, -0.2) is 4.99 Å². The highest BCUT2D eigenvalue weighted by atomic mass is 127. The number of hydrogen-bond donors (Lipinski definition) is 2. The maximum absolute atomic E-state index is 5.77. The molecule has 0 aromatic carbocycles. The fraction of sp³-hybridized carbons (Fsp3) is 0.636. The first-order valence-electron chi connectivity index (χ1n) is 5.77. The zero-order chi connectivity index (χ0) is 11.5. The molecule has 96 valence electrons. The van der Waals surface area contributed by atoms with Crippen LogP contribution in [0.4, 0.5) is 0 Å². The Kier molecular flexibility index (Phi) is 5.23. The first-order valence-corrected chi connectivity index (χ1v) is 5.77. The third-order valence-electron chi connectivity index (χ3n) is 2.68. The summed E-state index contributed by atoms with van der Waals surface area (Å²) in [4.78, 5) is 4.33. The Morgan fingerprint density at radius 1 is 1.65 bits per heavy atom. The summed E-state index contributed by atoms with van der Waals surface area (Å²) < 4.78 is 1.83. The lowest BCUT2D eigenvalue weighted by molar-refractivity contribution is 0.746. The fourth-order valence-electron chi connectivity index (χ4n) is 1.67. The highest BCUT2D eigenvalue weighted by molar-refractivity contribution is 14.0. The summed E-state index contributed by atoms with van der Waals surface area (Å²) in [5.41, 5.74) is 8.03. The molecule has 1 aliphatic carbocycles. The van der Waals surface area contributed by atoms with Crippen LogP contribution in [0.25, 0.3) is 0 Å². The maximum Gasteiger partial charge on any atom is 0.189 e. The molecule has 0 unspecified atom stereocenters. The van der Waals surface area contributed by atoms with E-state index in [1.165, 1.54) is 12.8 Å². The maximum atomic E-state index is 5.77. The quantitative estimate of drug-likeness (QED) is 0.487. The van der Waals surface area contributed by atoms with Gasteiger partial charge in [-0.2, -0.15) is 5.10 Å². The van der Waals surface area contributed by atoms with E-state index in [9.17, 15) is 0 Å². The Hall–Kier alpha value is -0.790. The van der Waals surface area contributed by atoms with Gasteiger partial charge in [-0.1, -0.05) is 6.92 Å². The lowest BCUT2D eigenvalue weighted by Gasteiger charge is -2.02. The van der Waals surface area contributed by atoms with Crippen molar-refractivity contribution >= 4 is 29.9 Å². The van der Waals surface area contributed by atoms with Crippen molar-refractivity contribution in [2.24, 2.45) is 17.8 Å². The van der Waals surface area contributed by atoms with E-state index in [0.717, 1.165) is 17.7 Å². The van der Waals surface area contributed by atoms with Crippen molar-refractivity contribution in [1.82, 2.24) is 15.1 Å². The molecule has 0 aliphatic heterocycles. The Labute approximate surface area is 119 Å². The molecule has 0 saturated heterocycles. The predicted molar refractivity (Wildman–Crippen MR) is 79.5 cm³/mol. The summed E-state index contributed by atoms with van der Waals surface area (Å²) in [6.45, 7) is 2.71. The Morgan fingerprint density at radius 3 is 2.94 bits per heavy atom. The van der Waals surface area contributed by atoms with E-state index >= 15 is 0 Å². The van der Waals surface area contributed by atoms with Gasteiger partial charge in [-0.3, -0.25) is 4.68 Å². The summed E-state index contributed by atoms with van der Waals surface area (Å²) in [5.74, 6) is 0.549. The topological polar surface area (TPSA) is 68.2 Å². The molecule has 3 N–H and O–H groups in total. The number of halogens is 1. The number of nitrogens with zero attached hydrogens (tertiary/aromatic N) is 3. The number of hydrogen-bond acceptors (Lipinski definition) is 2. The first kappa shape index (κ1) is 14.3. The zero-order valence-corrected chi connectivity index (χ0v) is 12.6. The highest BCUT2D eigenvalue weighted by Crippen LogP contribution is 2.18. The van der Waals surface area contributed by atoms with Crippen LogP contribution in [0.1, 0.15) is 31.0 Å². The van der Waals surface area contributed by atoms with Crippen molar-refractivity contribution in [2.75, 3.05) is 0 Å². The summed E-state index contributed by atoms with van der Waals surface area (Å²) in [6, 6.07) is 0.559. The van der Waals surface area contributed by atoms with E-state index in [1.807, 2.05) is 17.9 Å². The lowest BCUT2D eigenvalue weighted by Crippen LogP contribution is -2.33. The van der Waals surface area contributed by atoms with Gasteiger partial charge in [0.25, 0.3) is 0 Å². The second-order valence-electron chi connectivity index (χ2n) is 4.25. The molecule has 1 heterocycles. The van der Waals surface area contributed by atoms with E-state index in [4.69, 9.17) is 5.73 Å². The van der Waals surface area contributed by atoms with Crippen molar-refractivity contribution in [1.29, 1.82) is 0 Å². The second-order valence-corrected chi connectivity index (χ2v) is 4.25. The summed E-state index contributed by atoms with van der Waals surface area (Å²) in [7, 11) is 1.93. The largest absolute Gasteiger partial charge is 0.370 e. The van der Waals surface area contributed by atoms with Crippen molar-refractivity contribution in [3.8, 4) is 0 Å². The molecule has 1 aromatic heterocycles. The predicted octanol–water partition coefficient (Wildman–Crippen LogP) is 1.17. The second kappa shape index (κ2) is 6.23. The molecule has 2 rings (SSSR count). The smallest absolute Gasteiger partial charge is 0.189 e. The van der Waals surface area contributed by atoms with Crippen LogP contribution < -0.4 is 11.1 Å². The van der Waals surface area contributed by atoms with Gasteiger partial charge in [0.2, 0.25) is 0 Å². The molecule has 6 heteroatoms. The van der Waals surface area contributed by atoms with E-state index in [2.05, 4.69) is 22.3 Å². The van der Waals surface area contributed by atoms with E-state index in [-0.39, 0.29) is 24.0 Å². The van der Waals surface area contributed by atoms with Crippen LogP contribution >= 0.6 is 24.0 Å². The van der Waals surface area contributed by atoms with E-state index in [0.29, 0.717) is 18.5 Å². The third-order valence-corrected chi connectivity index (χ3v) is 2.68. The summed E-state index contributed by atoms with van der Waals surface area (Å²) >= 11 is 0. The number of aliphatic imine (C=N–C) groups is 1. The zero-order valence-electron chi connectivity index (χ0n) is 10.3. The Bertz CT molecular complexity index is 395. The molecule has 0 amide bonds. The van der Waals surface area contributed by atoms with Crippen LogP contribution in [0.5, 0.6) is 0 Å². The van der Waals surface area contributed by atoms with Gasteiger partial charge in [-0.15, -0.1) is 24.0 Å². The average molecular weight is 349 g/mol. The summed E-state index contributed by atoms with van der Waals surface area (Å²) in [6.07, 6.45) is 5.36. The Balaban J connectivity index is 0.00000144. The molecule has 5 nitrogen and oxygen atoms in total. The number of nitrogens with one attached hydrogen (secondary N) is 1. The van der Waals surface area contributed by atoms with Gasteiger partial charge in [0.15, 0.2) is 5.96 Å². The number of aromatic nitrogens is 2. The van der Waals surface area contributed by atoms with Gasteiger partial charge in [0, 0.05) is 24.8 Å². The molecule has 0 radical (unpaired) electrons. The molecule has 1 fully saturated rings. The molecular weight excluding hydrogens is 329 g/mol. The number of nitrogens with two attached hydrogens (primary N) is 1. The van der Waals surface area contributed by atoms with Gasteiger partial charge in [0.05, 0.1) is 12.2 Å². The van der Waals surface area contributed by atoms with E-state index in [1.54, 1.807) is 0 Å². The highest BCUT2D eigenvalue weighted by Gasteiger charge is 2.21. The Morgan fingerprint density at radius 2 is 2.35 bits per heavy atom. The minimum atomic E-state index is 0. The van der Waals surface area contributed by atoms with Gasteiger partial charge < -0.3 is 11.1 Å². The normalized spacial score (nSPS) is 15.5. The van der Waals surface area contributed by atoms with Gasteiger partial charge in [-0.05, 0) is 19.3 Å². The standard InChI is InChI=1S/C11H19N5.HI/c1-3-10-8(7-16(2)15-10)6-13-11(12)14-9-4-5-9;/h7,9H,3-6H2,1-2H3,(H3,12,13,14);1H. The molecule has 17 heavy (non-hydrogen) atoms. The van der Waals surface area contributed by atoms with Gasteiger partial charge in [0.1, 0.15) is 0 Å². The molecule has 1 aliphatic rings. The minimum Gasteiger partial charge on any atom is -0.370 e. The van der Waals surface area contributed by atoms with E-state index < -0.39 is 0 Å². The van der Waals surface area contributed by atoms with Crippen molar-refractivity contribution in [3.05, 3.63) is 17.5 Å². The molecule has 0 bridgehead atoms. The van der Waals surface area contributed by atoms with Crippen LogP contribution in [0.15, 0.2) is 11.2 Å².